The van der Waals surface area contributed by atoms with Crippen LogP contribution < -0.4 is 11.1 Å². The second kappa shape index (κ2) is 6.99. The number of imide groups is 1. The number of halogens is 1. The van der Waals surface area contributed by atoms with Crippen molar-refractivity contribution in [1.29, 1.82) is 0 Å². The Morgan fingerprint density at radius 2 is 1.86 bits per heavy atom. The van der Waals surface area contributed by atoms with Crippen molar-refractivity contribution >= 4 is 24.3 Å². The molecule has 1 spiro atoms. The second-order valence-corrected chi connectivity index (χ2v) is 9.57. The van der Waals surface area contributed by atoms with Crippen LogP contribution in [0.1, 0.15) is 77.4 Å². The summed E-state index contributed by atoms with van der Waals surface area (Å²) in [6.07, 6.45) is 5.92. The maximum Gasteiger partial charge on any atom is 0.325 e. The SMILES string of the molecule is CC(C)(C)C1CCC2(CC1)NC(=O)N(Cc1nc(C3(N)CCC3)no1)C2=O.Cl. The number of carbonyl (C=O) groups is 2. The lowest BCUT2D eigenvalue weighted by Crippen LogP contribution is -2.50. The van der Waals surface area contributed by atoms with Gasteiger partial charge in [-0.05, 0) is 56.3 Å². The number of rotatable bonds is 3. The first-order valence-electron chi connectivity index (χ1n) is 9.89. The number of urea groups is 1. The largest absolute Gasteiger partial charge is 0.337 e. The van der Waals surface area contributed by atoms with Crippen LogP contribution in [0, 0.1) is 11.3 Å². The first-order chi connectivity index (χ1) is 12.6. The summed E-state index contributed by atoms with van der Waals surface area (Å²) in [5.41, 5.74) is 5.13. The zero-order chi connectivity index (χ0) is 19.4. The van der Waals surface area contributed by atoms with Gasteiger partial charge in [0.05, 0.1) is 5.54 Å². The number of carbonyl (C=O) groups excluding carboxylic acids is 2. The molecule has 3 amide bonds. The average molecular weight is 412 g/mol. The highest BCUT2D eigenvalue weighted by Crippen LogP contribution is 2.43. The van der Waals surface area contributed by atoms with E-state index in [1.54, 1.807) is 0 Å². The van der Waals surface area contributed by atoms with Gasteiger partial charge in [-0.2, -0.15) is 4.98 Å². The Balaban J connectivity index is 0.00000225. The van der Waals surface area contributed by atoms with Gasteiger partial charge in [-0.3, -0.25) is 9.69 Å². The third-order valence-corrected chi connectivity index (χ3v) is 6.76. The van der Waals surface area contributed by atoms with E-state index >= 15 is 0 Å². The molecule has 1 aliphatic heterocycles. The van der Waals surface area contributed by atoms with E-state index in [2.05, 4.69) is 36.2 Å². The number of aromatic nitrogens is 2. The molecular formula is C19H30ClN5O3. The summed E-state index contributed by atoms with van der Waals surface area (Å²) in [5, 5.41) is 6.91. The summed E-state index contributed by atoms with van der Waals surface area (Å²) in [6.45, 7) is 6.70. The molecule has 0 bridgehead atoms. The summed E-state index contributed by atoms with van der Waals surface area (Å²) < 4.78 is 5.27. The minimum atomic E-state index is -0.773. The lowest BCUT2D eigenvalue weighted by Gasteiger charge is -2.40. The molecule has 3 fully saturated rings. The van der Waals surface area contributed by atoms with Gasteiger partial charge in [0, 0.05) is 0 Å². The smallest absolute Gasteiger partial charge is 0.325 e. The maximum absolute atomic E-state index is 13.1. The summed E-state index contributed by atoms with van der Waals surface area (Å²) in [5.74, 6) is 1.11. The quantitative estimate of drug-likeness (QED) is 0.739. The van der Waals surface area contributed by atoms with E-state index in [0.29, 0.717) is 24.6 Å². The van der Waals surface area contributed by atoms with E-state index < -0.39 is 11.1 Å². The highest BCUT2D eigenvalue weighted by molar-refractivity contribution is 6.07. The van der Waals surface area contributed by atoms with E-state index in [1.807, 2.05) is 0 Å². The topological polar surface area (TPSA) is 114 Å². The fourth-order valence-corrected chi connectivity index (χ4v) is 4.57. The second-order valence-electron chi connectivity index (χ2n) is 9.57. The molecule has 2 aliphatic carbocycles. The molecule has 0 radical (unpaired) electrons. The normalized spacial score (nSPS) is 29.4. The summed E-state index contributed by atoms with van der Waals surface area (Å²) >= 11 is 0. The minimum absolute atomic E-state index is 0. The van der Waals surface area contributed by atoms with Crippen molar-refractivity contribution in [3.63, 3.8) is 0 Å². The van der Waals surface area contributed by atoms with Gasteiger partial charge in [0.2, 0.25) is 5.89 Å². The van der Waals surface area contributed by atoms with Crippen molar-refractivity contribution in [1.82, 2.24) is 20.4 Å². The number of nitrogens with one attached hydrogen (secondary N) is 1. The van der Waals surface area contributed by atoms with Gasteiger partial charge >= 0.3 is 6.03 Å². The number of hydrogen-bond acceptors (Lipinski definition) is 6. The monoisotopic (exact) mass is 411 g/mol. The van der Waals surface area contributed by atoms with Crippen LogP contribution in [0.2, 0.25) is 0 Å². The van der Waals surface area contributed by atoms with Crippen molar-refractivity contribution in [2.75, 3.05) is 0 Å². The third kappa shape index (κ3) is 3.41. The predicted octanol–water partition coefficient (Wildman–Crippen LogP) is 2.86. The highest BCUT2D eigenvalue weighted by atomic mass is 35.5. The predicted molar refractivity (Wildman–Crippen MR) is 104 cm³/mol. The van der Waals surface area contributed by atoms with Crippen molar-refractivity contribution in [3.05, 3.63) is 11.7 Å². The molecule has 2 saturated carbocycles. The van der Waals surface area contributed by atoms with Gasteiger partial charge in [-0.1, -0.05) is 25.9 Å². The molecule has 156 valence electrons. The van der Waals surface area contributed by atoms with Crippen LogP contribution in [0.25, 0.3) is 0 Å². The van der Waals surface area contributed by atoms with Crippen LogP contribution in [0.4, 0.5) is 4.79 Å². The Bertz CT molecular complexity index is 760. The van der Waals surface area contributed by atoms with Crippen molar-refractivity contribution in [2.45, 2.75) is 83.3 Å². The number of hydrogen-bond donors (Lipinski definition) is 2. The Morgan fingerprint density at radius 3 is 2.39 bits per heavy atom. The van der Waals surface area contributed by atoms with Crippen LogP contribution in [0.3, 0.4) is 0 Å². The molecule has 0 atom stereocenters. The average Bonchev–Trinajstić information content (AvgIpc) is 3.12. The molecular weight excluding hydrogens is 382 g/mol. The number of nitrogens with two attached hydrogens (primary N) is 1. The molecule has 28 heavy (non-hydrogen) atoms. The van der Waals surface area contributed by atoms with Crippen molar-refractivity contribution in [2.24, 2.45) is 17.1 Å². The van der Waals surface area contributed by atoms with Gasteiger partial charge in [0.25, 0.3) is 5.91 Å². The Morgan fingerprint density at radius 1 is 1.21 bits per heavy atom. The van der Waals surface area contributed by atoms with E-state index in [4.69, 9.17) is 10.3 Å². The van der Waals surface area contributed by atoms with Gasteiger partial charge < -0.3 is 15.6 Å². The van der Waals surface area contributed by atoms with Crippen LogP contribution >= 0.6 is 12.4 Å². The van der Waals surface area contributed by atoms with Crippen LogP contribution in [0.15, 0.2) is 4.52 Å². The first kappa shape index (κ1) is 21.0. The summed E-state index contributed by atoms with van der Waals surface area (Å²) in [7, 11) is 0. The fourth-order valence-electron chi connectivity index (χ4n) is 4.57. The molecule has 3 aliphatic rings. The van der Waals surface area contributed by atoms with Crippen molar-refractivity contribution in [3.8, 4) is 0 Å². The van der Waals surface area contributed by atoms with Crippen LogP contribution in [0.5, 0.6) is 0 Å². The molecule has 1 aromatic heterocycles. The van der Waals surface area contributed by atoms with E-state index in [0.717, 1.165) is 32.1 Å². The van der Waals surface area contributed by atoms with E-state index in [-0.39, 0.29) is 42.2 Å². The van der Waals surface area contributed by atoms with Gasteiger partial charge in [0.15, 0.2) is 5.82 Å². The Labute approximate surface area is 171 Å². The fraction of sp³-hybridized carbons (Fsp3) is 0.789. The van der Waals surface area contributed by atoms with Crippen molar-refractivity contribution < 1.29 is 14.1 Å². The summed E-state index contributed by atoms with van der Waals surface area (Å²) in [6, 6.07) is -0.375. The molecule has 4 rings (SSSR count). The molecule has 0 aromatic carbocycles. The van der Waals surface area contributed by atoms with E-state index in [9.17, 15) is 9.59 Å². The standard InChI is InChI=1S/C19H29N5O3.ClH/c1-17(2,3)12-5-9-19(10-6-12)15(25)24(16(26)22-19)11-13-21-14(23-27-13)18(20)7-4-8-18;/h12H,4-11,20H2,1-3H3,(H,22,26);1H. The molecule has 1 aromatic rings. The Hall–Kier alpha value is -1.67. The maximum atomic E-state index is 13.1. The molecule has 8 nitrogen and oxygen atoms in total. The van der Waals surface area contributed by atoms with Gasteiger partial charge in [-0.15, -0.1) is 12.4 Å². The lowest BCUT2D eigenvalue weighted by atomic mass is 9.67. The van der Waals surface area contributed by atoms with Gasteiger partial charge in [-0.25, -0.2) is 4.79 Å². The van der Waals surface area contributed by atoms with E-state index in [1.165, 1.54) is 4.90 Å². The van der Waals surface area contributed by atoms with Crippen LogP contribution in [-0.4, -0.2) is 32.5 Å². The molecule has 2 heterocycles. The number of nitrogens with zero attached hydrogens (tertiary/aromatic N) is 3. The Kier molecular flexibility index (Phi) is 5.25. The molecule has 0 unspecified atom stereocenters. The first-order valence-corrected chi connectivity index (χ1v) is 9.89. The molecule has 1 saturated heterocycles. The number of amides is 3. The molecule has 3 N–H and O–H groups in total. The third-order valence-electron chi connectivity index (χ3n) is 6.76. The minimum Gasteiger partial charge on any atom is -0.337 e. The molecule has 9 heteroatoms. The summed E-state index contributed by atoms with van der Waals surface area (Å²) in [4.78, 5) is 31.1. The van der Waals surface area contributed by atoms with Crippen LogP contribution in [-0.2, 0) is 16.9 Å². The lowest BCUT2D eigenvalue weighted by molar-refractivity contribution is -0.133. The van der Waals surface area contributed by atoms with Gasteiger partial charge in [0.1, 0.15) is 12.1 Å². The zero-order valence-corrected chi connectivity index (χ0v) is 17.6. The zero-order valence-electron chi connectivity index (χ0n) is 16.8. The highest BCUT2D eigenvalue weighted by Gasteiger charge is 2.53.